The molecule has 88 valence electrons. The maximum absolute atomic E-state index is 11.0. The van der Waals surface area contributed by atoms with Crippen LogP contribution < -0.4 is 0 Å². The van der Waals surface area contributed by atoms with Crippen LogP contribution in [0.3, 0.4) is 0 Å². The van der Waals surface area contributed by atoms with Crippen LogP contribution >= 0.6 is 0 Å². The van der Waals surface area contributed by atoms with E-state index in [0.717, 1.165) is 17.8 Å². The number of hydrogen-bond donors (Lipinski definition) is 1. The van der Waals surface area contributed by atoms with E-state index >= 15 is 0 Å². The van der Waals surface area contributed by atoms with Gasteiger partial charge in [-0.1, -0.05) is 18.2 Å². The third-order valence-corrected chi connectivity index (χ3v) is 2.79. The molecule has 0 amide bonds. The summed E-state index contributed by atoms with van der Waals surface area (Å²) in [6, 6.07) is 7.09. The smallest absolute Gasteiger partial charge is 0.335 e. The number of nitrogens with zero attached hydrogens (tertiary/aromatic N) is 2. The van der Waals surface area contributed by atoms with Crippen molar-refractivity contribution in [3.63, 3.8) is 0 Å². The molecule has 0 radical (unpaired) electrons. The highest BCUT2D eigenvalue weighted by Gasteiger charge is 2.09. The Morgan fingerprint density at radius 1 is 1.35 bits per heavy atom. The molecule has 1 aromatic carbocycles. The average Bonchev–Trinajstić information content (AvgIpc) is 2.72. The fourth-order valence-electron chi connectivity index (χ4n) is 1.83. The van der Waals surface area contributed by atoms with Crippen LogP contribution in [0.4, 0.5) is 0 Å². The van der Waals surface area contributed by atoms with Gasteiger partial charge in [0, 0.05) is 25.9 Å². The predicted octanol–water partition coefficient (Wildman–Crippen LogP) is 1.90. The van der Waals surface area contributed by atoms with Crippen LogP contribution in [0.2, 0.25) is 0 Å². The van der Waals surface area contributed by atoms with Gasteiger partial charge in [0.2, 0.25) is 0 Å². The molecule has 1 heterocycles. The minimum absolute atomic E-state index is 0.377. The molecular formula is C13H14N2O2. The van der Waals surface area contributed by atoms with E-state index in [1.807, 2.05) is 29.9 Å². The third kappa shape index (κ3) is 2.53. The van der Waals surface area contributed by atoms with Gasteiger partial charge in [-0.15, -0.1) is 0 Å². The van der Waals surface area contributed by atoms with E-state index in [1.165, 1.54) is 0 Å². The Morgan fingerprint density at radius 3 is 2.76 bits per heavy atom. The van der Waals surface area contributed by atoms with Crippen LogP contribution in [0.5, 0.6) is 0 Å². The maximum atomic E-state index is 11.0. The van der Waals surface area contributed by atoms with Gasteiger partial charge in [-0.3, -0.25) is 0 Å². The van der Waals surface area contributed by atoms with Crippen molar-refractivity contribution >= 4 is 5.97 Å². The Hall–Kier alpha value is -2.10. The van der Waals surface area contributed by atoms with E-state index in [2.05, 4.69) is 4.98 Å². The first-order valence-corrected chi connectivity index (χ1v) is 5.46. The molecule has 0 aliphatic carbocycles. The number of aromatic carboxylic acids is 1. The molecular weight excluding hydrogens is 216 g/mol. The summed E-state index contributed by atoms with van der Waals surface area (Å²) in [6.45, 7) is 0. The molecule has 0 bridgehead atoms. The number of aryl methyl sites for hydroxylation is 3. The van der Waals surface area contributed by atoms with E-state index < -0.39 is 5.97 Å². The van der Waals surface area contributed by atoms with Gasteiger partial charge in [-0.25, -0.2) is 9.78 Å². The molecule has 0 saturated carbocycles. The zero-order chi connectivity index (χ0) is 12.3. The van der Waals surface area contributed by atoms with Gasteiger partial charge in [0.05, 0.1) is 5.56 Å². The summed E-state index contributed by atoms with van der Waals surface area (Å²) in [5, 5.41) is 9.06. The third-order valence-electron chi connectivity index (χ3n) is 2.79. The monoisotopic (exact) mass is 230 g/mol. The molecule has 2 aromatic rings. The second-order valence-corrected chi connectivity index (χ2v) is 3.92. The van der Waals surface area contributed by atoms with Crippen LogP contribution in [0, 0.1) is 0 Å². The highest BCUT2D eigenvalue weighted by atomic mass is 16.4. The highest BCUT2D eigenvalue weighted by molar-refractivity contribution is 5.89. The van der Waals surface area contributed by atoms with Crippen LogP contribution in [0.25, 0.3) is 0 Å². The molecule has 2 rings (SSSR count). The van der Waals surface area contributed by atoms with Crippen LogP contribution in [-0.4, -0.2) is 20.6 Å². The van der Waals surface area contributed by atoms with Gasteiger partial charge in [-0.05, 0) is 18.1 Å². The van der Waals surface area contributed by atoms with Crippen molar-refractivity contribution in [1.82, 2.24) is 9.55 Å². The van der Waals surface area contributed by atoms with Crippen molar-refractivity contribution in [2.45, 2.75) is 12.8 Å². The van der Waals surface area contributed by atoms with E-state index in [1.54, 1.807) is 18.3 Å². The van der Waals surface area contributed by atoms with E-state index in [-0.39, 0.29) is 0 Å². The number of carboxylic acid groups (broad SMARTS) is 1. The number of hydrogen-bond acceptors (Lipinski definition) is 2. The van der Waals surface area contributed by atoms with Gasteiger partial charge in [0.25, 0.3) is 0 Å². The number of carboxylic acids is 1. The number of benzene rings is 1. The number of rotatable bonds is 4. The average molecular weight is 230 g/mol. The van der Waals surface area contributed by atoms with Crippen LogP contribution in [0.1, 0.15) is 21.7 Å². The summed E-state index contributed by atoms with van der Waals surface area (Å²) in [5.74, 6) is 0.0885. The van der Waals surface area contributed by atoms with Crippen molar-refractivity contribution in [2.24, 2.45) is 7.05 Å². The fourth-order valence-corrected chi connectivity index (χ4v) is 1.83. The first-order valence-electron chi connectivity index (χ1n) is 5.46. The molecule has 0 fully saturated rings. The highest BCUT2D eigenvalue weighted by Crippen LogP contribution is 2.11. The lowest BCUT2D eigenvalue weighted by Gasteiger charge is -2.05. The zero-order valence-electron chi connectivity index (χ0n) is 9.63. The van der Waals surface area contributed by atoms with Crippen molar-refractivity contribution in [3.8, 4) is 0 Å². The Labute approximate surface area is 99.5 Å². The second kappa shape index (κ2) is 4.82. The van der Waals surface area contributed by atoms with Crippen LogP contribution in [0.15, 0.2) is 36.7 Å². The molecule has 0 aliphatic heterocycles. The summed E-state index contributed by atoms with van der Waals surface area (Å²) >= 11 is 0. The quantitative estimate of drug-likeness (QED) is 0.872. The summed E-state index contributed by atoms with van der Waals surface area (Å²) in [7, 11) is 1.94. The standard InChI is InChI=1S/C13H14N2O2/c1-15-9-8-14-12(15)7-6-10-4-2-3-5-11(10)13(16)17/h2-5,8-9H,6-7H2,1H3,(H,16,17). The molecule has 1 aromatic heterocycles. The lowest BCUT2D eigenvalue weighted by atomic mass is 10.0. The molecule has 4 heteroatoms. The molecule has 0 saturated heterocycles. The largest absolute Gasteiger partial charge is 0.478 e. The molecule has 4 nitrogen and oxygen atoms in total. The Balaban J connectivity index is 2.14. The SMILES string of the molecule is Cn1ccnc1CCc1ccccc1C(=O)O. The fraction of sp³-hybridized carbons (Fsp3) is 0.231. The molecule has 1 N–H and O–H groups in total. The van der Waals surface area contributed by atoms with Crippen molar-refractivity contribution in [2.75, 3.05) is 0 Å². The van der Waals surface area contributed by atoms with Gasteiger partial charge in [-0.2, -0.15) is 0 Å². The Kier molecular flexibility index (Phi) is 3.23. The lowest BCUT2D eigenvalue weighted by Crippen LogP contribution is -2.05. The first-order chi connectivity index (χ1) is 8.18. The van der Waals surface area contributed by atoms with E-state index in [0.29, 0.717) is 12.0 Å². The normalized spacial score (nSPS) is 10.4. The molecule has 0 spiro atoms. The second-order valence-electron chi connectivity index (χ2n) is 3.92. The predicted molar refractivity (Wildman–Crippen MR) is 64.0 cm³/mol. The summed E-state index contributed by atoms with van der Waals surface area (Å²) in [4.78, 5) is 15.3. The van der Waals surface area contributed by atoms with E-state index in [9.17, 15) is 4.79 Å². The van der Waals surface area contributed by atoms with Gasteiger partial charge < -0.3 is 9.67 Å². The topological polar surface area (TPSA) is 55.1 Å². The number of carbonyl (C=O) groups is 1. The van der Waals surface area contributed by atoms with Gasteiger partial charge in [0.15, 0.2) is 0 Å². The first kappa shape index (κ1) is 11.4. The van der Waals surface area contributed by atoms with Gasteiger partial charge >= 0.3 is 5.97 Å². The van der Waals surface area contributed by atoms with Crippen LogP contribution in [-0.2, 0) is 19.9 Å². The van der Waals surface area contributed by atoms with E-state index in [4.69, 9.17) is 5.11 Å². The molecule has 0 atom stereocenters. The molecule has 0 unspecified atom stereocenters. The Morgan fingerprint density at radius 2 is 2.12 bits per heavy atom. The van der Waals surface area contributed by atoms with Crippen molar-refractivity contribution in [3.05, 3.63) is 53.6 Å². The molecule has 17 heavy (non-hydrogen) atoms. The molecule has 0 aliphatic rings. The van der Waals surface area contributed by atoms with Crippen molar-refractivity contribution < 1.29 is 9.90 Å². The number of imidazole rings is 1. The minimum atomic E-state index is -0.875. The minimum Gasteiger partial charge on any atom is -0.478 e. The maximum Gasteiger partial charge on any atom is 0.335 e. The summed E-state index contributed by atoms with van der Waals surface area (Å²) in [6.07, 6.45) is 5.07. The lowest BCUT2D eigenvalue weighted by molar-refractivity contribution is 0.0695. The Bertz CT molecular complexity index is 532. The van der Waals surface area contributed by atoms with Crippen molar-refractivity contribution in [1.29, 1.82) is 0 Å². The zero-order valence-corrected chi connectivity index (χ0v) is 9.63. The van der Waals surface area contributed by atoms with Gasteiger partial charge in [0.1, 0.15) is 5.82 Å². The summed E-state index contributed by atoms with van der Waals surface area (Å²) < 4.78 is 1.95. The number of aromatic nitrogens is 2. The summed E-state index contributed by atoms with van der Waals surface area (Å²) in [5.41, 5.74) is 1.23.